The Hall–Kier alpha value is -0.780. The van der Waals surface area contributed by atoms with E-state index < -0.39 is 0 Å². The molecule has 0 nitrogen and oxygen atoms in total. The van der Waals surface area contributed by atoms with Crippen LogP contribution in [0.3, 0.4) is 0 Å². The molecule has 0 heterocycles. The molecule has 0 aliphatic carbocycles. The zero-order valence-corrected chi connectivity index (χ0v) is 8.30. The van der Waals surface area contributed by atoms with Crippen molar-refractivity contribution >= 4 is 0 Å². The topological polar surface area (TPSA) is 0 Å². The number of benzene rings is 1. The number of hydrogen-bond donors (Lipinski definition) is 0. The van der Waals surface area contributed by atoms with Gasteiger partial charge in [-0.25, -0.2) is 0 Å². The van der Waals surface area contributed by atoms with Gasteiger partial charge in [-0.15, -0.1) is 0 Å². The normalized spacial score (nSPS) is 11.6. The van der Waals surface area contributed by atoms with Gasteiger partial charge in [-0.2, -0.15) is 0 Å². The van der Waals surface area contributed by atoms with E-state index in [1.165, 1.54) is 18.4 Å². The van der Waals surface area contributed by atoms with Crippen molar-refractivity contribution in [2.75, 3.05) is 0 Å². The Balaban J connectivity index is 2.95. The summed E-state index contributed by atoms with van der Waals surface area (Å²) in [6.07, 6.45) is 2.43. The molecule has 0 aromatic heterocycles. The van der Waals surface area contributed by atoms with Gasteiger partial charge in [-0.3, -0.25) is 0 Å². The predicted molar refractivity (Wildman–Crippen MR) is 54.4 cm³/mol. The van der Waals surface area contributed by atoms with Gasteiger partial charge in [-0.1, -0.05) is 51.1 Å². The standard InChI is InChI=1S/C12H18/c1-4-12(3,5-2)11-9-7-6-8-10-11/h6-10H,4-5H2,1-3H3. The Kier molecular flexibility index (Phi) is 2.91. The first-order valence-electron chi connectivity index (χ1n) is 4.78. The Morgan fingerprint density at radius 3 is 1.92 bits per heavy atom. The Morgan fingerprint density at radius 2 is 1.50 bits per heavy atom. The molecule has 12 heavy (non-hydrogen) atoms. The van der Waals surface area contributed by atoms with Crippen LogP contribution in [0, 0.1) is 0 Å². The van der Waals surface area contributed by atoms with Crippen LogP contribution in [0.15, 0.2) is 30.3 Å². The van der Waals surface area contributed by atoms with Crippen LogP contribution >= 0.6 is 0 Å². The molecule has 0 saturated carbocycles. The molecule has 66 valence electrons. The molecule has 0 amide bonds. The van der Waals surface area contributed by atoms with Crippen LogP contribution in [0.2, 0.25) is 0 Å². The molecule has 0 atom stereocenters. The molecule has 0 unspecified atom stereocenters. The summed E-state index contributed by atoms with van der Waals surface area (Å²) in [4.78, 5) is 0. The summed E-state index contributed by atoms with van der Waals surface area (Å²) in [5.41, 5.74) is 1.84. The maximum Gasteiger partial charge on any atom is -0.00805 e. The van der Waals surface area contributed by atoms with Crippen LogP contribution in [0.1, 0.15) is 39.2 Å². The lowest BCUT2D eigenvalue weighted by Crippen LogP contribution is -2.18. The summed E-state index contributed by atoms with van der Waals surface area (Å²) in [5.74, 6) is 0. The number of hydrogen-bond acceptors (Lipinski definition) is 0. The molecular weight excluding hydrogens is 144 g/mol. The van der Waals surface area contributed by atoms with Crippen LogP contribution in [-0.2, 0) is 5.41 Å². The van der Waals surface area contributed by atoms with Gasteiger partial charge in [0.1, 0.15) is 0 Å². The van der Waals surface area contributed by atoms with Crippen LogP contribution in [-0.4, -0.2) is 0 Å². The van der Waals surface area contributed by atoms with Crippen molar-refractivity contribution in [1.82, 2.24) is 0 Å². The van der Waals surface area contributed by atoms with Crippen molar-refractivity contribution in [2.45, 2.75) is 39.0 Å². The molecule has 0 aliphatic heterocycles. The van der Waals surface area contributed by atoms with Gasteiger partial charge >= 0.3 is 0 Å². The third-order valence-electron chi connectivity index (χ3n) is 3.03. The first kappa shape index (κ1) is 9.31. The summed E-state index contributed by atoms with van der Waals surface area (Å²) in [6.45, 7) is 6.86. The molecule has 1 aromatic carbocycles. The van der Waals surface area contributed by atoms with Gasteiger partial charge in [0.2, 0.25) is 0 Å². The van der Waals surface area contributed by atoms with E-state index in [0.29, 0.717) is 5.41 Å². The summed E-state index contributed by atoms with van der Waals surface area (Å²) in [5, 5.41) is 0. The molecular formula is C12H18. The fourth-order valence-corrected chi connectivity index (χ4v) is 1.50. The third-order valence-corrected chi connectivity index (χ3v) is 3.03. The molecule has 0 bridgehead atoms. The van der Waals surface area contributed by atoms with Crippen LogP contribution in [0.4, 0.5) is 0 Å². The minimum Gasteiger partial charge on any atom is -0.0645 e. The lowest BCUT2D eigenvalue weighted by Gasteiger charge is -2.27. The highest BCUT2D eigenvalue weighted by molar-refractivity contribution is 5.23. The van der Waals surface area contributed by atoms with E-state index in [9.17, 15) is 0 Å². The highest BCUT2D eigenvalue weighted by Gasteiger charge is 2.20. The largest absolute Gasteiger partial charge is 0.0645 e. The minimum absolute atomic E-state index is 0.376. The van der Waals surface area contributed by atoms with Crippen LogP contribution in [0.5, 0.6) is 0 Å². The molecule has 0 N–H and O–H groups in total. The van der Waals surface area contributed by atoms with Gasteiger partial charge in [0.25, 0.3) is 0 Å². The second kappa shape index (κ2) is 3.75. The average molecular weight is 162 g/mol. The van der Waals surface area contributed by atoms with E-state index in [2.05, 4.69) is 51.1 Å². The lowest BCUT2D eigenvalue weighted by molar-refractivity contribution is 0.439. The van der Waals surface area contributed by atoms with Crippen molar-refractivity contribution in [1.29, 1.82) is 0 Å². The highest BCUT2D eigenvalue weighted by Crippen LogP contribution is 2.30. The highest BCUT2D eigenvalue weighted by atomic mass is 14.2. The van der Waals surface area contributed by atoms with E-state index in [-0.39, 0.29) is 0 Å². The predicted octanol–water partition coefficient (Wildman–Crippen LogP) is 3.76. The van der Waals surface area contributed by atoms with Crippen molar-refractivity contribution in [3.05, 3.63) is 35.9 Å². The second-order valence-electron chi connectivity index (χ2n) is 3.63. The van der Waals surface area contributed by atoms with Gasteiger partial charge in [0, 0.05) is 0 Å². The average Bonchev–Trinajstić information content (AvgIpc) is 2.18. The summed E-state index contributed by atoms with van der Waals surface area (Å²) in [7, 11) is 0. The molecule has 0 fully saturated rings. The Morgan fingerprint density at radius 1 is 1.00 bits per heavy atom. The van der Waals surface area contributed by atoms with Gasteiger partial charge in [0.15, 0.2) is 0 Å². The maximum atomic E-state index is 2.34. The smallest absolute Gasteiger partial charge is 0.00805 e. The zero-order chi connectivity index (χ0) is 9.03. The van der Waals surface area contributed by atoms with Crippen molar-refractivity contribution in [3.63, 3.8) is 0 Å². The van der Waals surface area contributed by atoms with E-state index in [1.807, 2.05) is 0 Å². The van der Waals surface area contributed by atoms with Gasteiger partial charge < -0.3 is 0 Å². The van der Waals surface area contributed by atoms with Gasteiger partial charge in [-0.05, 0) is 23.8 Å². The Bertz CT molecular complexity index is 219. The molecule has 0 spiro atoms. The first-order valence-corrected chi connectivity index (χ1v) is 4.78. The Labute approximate surface area is 75.6 Å². The molecule has 0 aliphatic rings. The maximum absolute atomic E-state index is 2.34. The fourth-order valence-electron chi connectivity index (χ4n) is 1.50. The molecule has 1 rings (SSSR count). The molecule has 0 saturated heterocycles. The quantitative estimate of drug-likeness (QED) is 0.634. The summed E-state index contributed by atoms with van der Waals surface area (Å²) < 4.78 is 0. The third kappa shape index (κ3) is 1.69. The van der Waals surface area contributed by atoms with E-state index >= 15 is 0 Å². The second-order valence-corrected chi connectivity index (χ2v) is 3.63. The van der Waals surface area contributed by atoms with Crippen molar-refractivity contribution < 1.29 is 0 Å². The monoisotopic (exact) mass is 162 g/mol. The van der Waals surface area contributed by atoms with E-state index in [1.54, 1.807) is 0 Å². The minimum atomic E-state index is 0.376. The van der Waals surface area contributed by atoms with Gasteiger partial charge in [0.05, 0.1) is 0 Å². The van der Waals surface area contributed by atoms with Crippen LogP contribution < -0.4 is 0 Å². The lowest BCUT2D eigenvalue weighted by atomic mass is 9.78. The van der Waals surface area contributed by atoms with Crippen molar-refractivity contribution in [3.8, 4) is 0 Å². The first-order chi connectivity index (χ1) is 5.73. The van der Waals surface area contributed by atoms with Crippen LogP contribution in [0.25, 0.3) is 0 Å². The zero-order valence-electron chi connectivity index (χ0n) is 8.30. The SMILES string of the molecule is CCC(C)(CC)c1ccccc1. The van der Waals surface area contributed by atoms with E-state index in [4.69, 9.17) is 0 Å². The molecule has 0 radical (unpaired) electrons. The van der Waals surface area contributed by atoms with Crippen molar-refractivity contribution in [2.24, 2.45) is 0 Å². The summed E-state index contributed by atoms with van der Waals surface area (Å²) >= 11 is 0. The summed E-state index contributed by atoms with van der Waals surface area (Å²) in [6, 6.07) is 10.8. The number of rotatable bonds is 3. The van der Waals surface area contributed by atoms with E-state index in [0.717, 1.165) is 0 Å². The fraction of sp³-hybridized carbons (Fsp3) is 0.500. The molecule has 1 aromatic rings. The molecule has 0 heteroatoms.